The number of H-pyrrole nitrogens is 1. The number of hydrogen-bond donors (Lipinski definition) is 2. The van der Waals surface area contributed by atoms with Crippen molar-refractivity contribution in [3.8, 4) is 0 Å². The summed E-state index contributed by atoms with van der Waals surface area (Å²) in [4.78, 5) is 0. The summed E-state index contributed by atoms with van der Waals surface area (Å²) in [5.41, 5.74) is 2.46. The molecule has 1 heterocycles. The Labute approximate surface area is 95.9 Å². The van der Waals surface area contributed by atoms with Gasteiger partial charge in [-0.2, -0.15) is 5.10 Å². The van der Waals surface area contributed by atoms with Crippen molar-refractivity contribution >= 4 is 0 Å². The highest BCUT2D eigenvalue weighted by Gasteiger charge is 2.13. The highest BCUT2D eigenvalue weighted by atomic mass is 15.1. The van der Waals surface area contributed by atoms with Gasteiger partial charge in [0.25, 0.3) is 0 Å². The number of nitrogens with one attached hydrogen (secondary N) is 2. The number of rotatable bonds is 5. The van der Waals surface area contributed by atoms with Crippen LogP contribution in [0.2, 0.25) is 0 Å². The summed E-state index contributed by atoms with van der Waals surface area (Å²) in [6.45, 7) is 3.18. The Hall–Kier alpha value is -1.61. The third-order valence-electron chi connectivity index (χ3n) is 2.58. The average Bonchev–Trinajstić information content (AvgIpc) is 2.85. The maximum Gasteiger partial charge on any atom is 0.0607 e. The molecular formula is C13H17N3. The van der Waals surface area contributed by atoms with Gasteiger partial charge in [-0.15, -0.1) is 0 Å². The van der Waals surface area contributed by atoms with Crippen molar-refractivity contribution in [3.63, 3.8) is 0 Å². The molecule has 0 saturated heterocycles. The molecule has 0 aliphatic rings. The Balaban J connectivity index is 2.21. The molecule has 1 atom stereocenters. The Morgan fingerprint density at radius 3 is 2.69 bits per heavy atom. The maximum atomic E-state index is 4.01. The predicted molar refractivity (Wildman–Crippen MR) is 65.2 cm³/mol. The summed E-state index contributed by atoms with van der Waals surface area (Å²) >= 11 is 0. The SMILES string of the molecule is CCCNC(c1ccccc1)c1cn[nH]c1. The molecule has 0 bridgehead atoms. The minimum absolute atomic E-state index is 0.236. The lowest BCUT2D eigenvalue weighted by Crippen LogP contribution is -2.22. The van der Waals surface area contributed by atoms with Gasteiger partial charge in [-0.1, -0.05) is 37.3 Å². The van der Waals surface area contributed by atoms with Crippen molar-refractivity contribution in [2.45, 2.75) is 19.4 Å². The molecule has 3 heteroatoms. The van der Waals surface area contributed by atoms with E-state index in [1.807, 2.05) is 18.5 Å². The van der Waals surface area contributed by atoms with Gasteiger partial charge in [0, 0.05) is 11.8 Å². The van der Waals surface area contributed by atoms with Gasteiger partial charge in [-0.05, 0) is 18.5 Å². The quantitative estimate of drug-likeness (QED) is 0.804. The average molecular weight is 215 g/mol. The molecule has 16 heavy (non-hydrogen) atoms. The standard InChI is InChI=1S/C13H17N3/c1-2-8-14-13(12-9-15-16-10-12)11-6-4-3-5-7-11/h3-7,9-10,13-14H,2,8H2,1H3,(H,15,16). The maximum absolute atomic E-state index is 4.01. The molecule has 3 nitrogen and oxygen atoms in total. The van der Waals surface area contributed by atoms with Crippen molar-refractivity contribution in [2.24, 2.45) is 0 Å². The smallest absolute Gasteiger partial charge is 0.0607 e. The molecule has 0 aliphatic heterocycles. The van der Waals surface area contributed by atoms with Crippen molar-refractivity contribution < 1.29 is 0 Å². The zero-order valence-corrected chi connectivity index (χ0v) is 9.48. The first-order chi connectivity index (χ1) is 7.92. The second-order valence-electron chi connectivity index (χ2n) is 3.83. The van der Waals surface area contributed by atoms with Gasteiger partial charge in [0.1, 0.15) is 0 Å². The molecule has 2 aromatic rings. The largest absolute Gasteiger partial charge is 0.306 e. The Morgan fingerprint density at radius 1 is 1.25 bits per heavy atom. The van der Waals surface area contributed by atoms with Crippen LogP contribution in [0.15, 0.2) is 42.7 Å². The molecule has 1 unspecified atom stereocenters. The fourth-order valence-corrected chi connectivity index (χ4v) is 1.78. The number of aromatic nitrogens is 2. The zero-order valence-electron chi connectivity index (χ0n) is 9.48. The van der Waals surface area contributed by atoms with Crippen LogP contribution in [0, 0.1) is 0 Å². The highest BCUT2D eigenvalue weighted by molar-refractivity contribution is 5.28. The molecule has 0 radical (unpaired) electrons. The van der Waals surface area contributed by atoms with E-state index in [-0.39, 0.29) is 6.04 Å². The molecule has 84 valence electrons. The third kappa shape index (κ3) is 2.49. The van der Waals surface area contributed by atoms with Crippen molar-refractivity contribution in [1.29, 1.82) is 0 Å². The first kappa shape index (κ1) is 10.9. The molecule has 2 N–H and O–H groups in total. The fourth-order valence-electron chi connectivity index (χ4n) is 1.78. The van der Waals surface area contributed by atoms with Crippen LogP contribution in [-0.4, -0.2) is 16.7 Å². The molecule has 0 aliphatic carbocycles. The van der Waals surface area contributed by atoms with Crippen molar-refractivity contribution in [3.05, 3.63) is 53.9 Å². The third-order valence-corrected chi connectivity index (χ3v) is 2.58. The van der Waals surface area contributed by atoms with Crippen LogP contribution in [0.4, 0.5) is 0 Å². The summed E-state index contributed by atoms with van der Waals surface area (Å²) in [5.74, 6) is 0. The summed E-state index contributed by atoms with van der Waals surface area (Å²) in [6, 6.07) is 10.7. The van der Waals surface area contributed by atoms with Gasteiger partial charge in [-0.3, -0.25) is 5.10 Å². The van der Waals surface area contributed by atoms with E-state index in [2.05, 4.69) is 46.7 Å². The highest BCUT2D eigenvalue weighted by Crippen LogP contribution is 2.20. The molecule has 0 saturated carbocycles. The van der Waals surface area contributed by atoms with E-state index in [9.17, 15) is 0 Å². The first-order valence-electron chi connectivity index (χ1n) is 5.69. The van der Waals surface area contributed by atoms with E-state index in [0.29, 0.717) is 0 Å². The summed E-state index contributed by atoms with van der Waals surface area (Å²) in [6.07, 6.45) is 4.95. The molecule has 0 fully saturated rings. The van der Waals surface area contributed by atoms with Crippen LogP contribution >= 0.6 is 0 Å². The predicted octanol–water partition coefficient (Wildman–Crippen LogP) is 2.50. The summed E-state index contributed by atoms with van der Waals surface area (Å²) in [7, 11) is 0. The Bertz CT molecular complexity index is 394. The monoisotopic (exact) mass is 215 g/mol. The van der Waals surface area contributed by atoms with Gasteiger partial charge in [0.05, 0.1) is 12.2 Å². The normalized spacial score (nSPS) is 12.6. The van der Waals surface area contributed by atoms with Gasteiger partial charge < -0.3 is 5.32 Å². The number of hydrogen-bond acceptors (Lipinski definition) is 2. The number of benzene rings is 1. The first-order valence-corrected chi connectivity index (χ1v) is 5.69. The van der Waals surface area contributed by atoms with Crippen LogP contribution in [0.25, 0.3) is 0 Å². The van der Waals surface area contributed by atoms with Crippen LogP contribution in [0.3, 0.4) is 0 Å². The van der Waals surface area contributed by atoms with Crippen LogP contribution in [0.1, 0.15) is 30.5 Å². The van der Waals surface area contributed by atoms with Gasteiger partial charge in [0.15, 0.2) is 0 Å². The Kier molecular flexibility index (Phi) is 3.72. The van der Waals surface area contributed by atoms with Gasteiger partial charge in [-0.25, -0.2) is 0 Å². The summed E-state index contributed by atoms with van der Waals surface area (Å²) < 4.78 is 0. The van der Waals surface area contributed by atoms with E-state index in [0.717, 1.165) is 13.0 Å². The van der Waals surface area contributed by atoms with Crippen molar-refractivity contribution in [1.82, 2.24) is 15.5 Å². The van der Waals surface area contributed by atoms with Crippen molar-refractivity contribution in [2.75, 3.05) is 6.54 Å². The van der Waals surface area contributed by atoms with E-state index in [1.165, 1.54) is 11.1 Å². The minimum atomic E-state index is 0.236. The summed E-state index contributed by atoms with van der Waals surface area (Å²) in [5, 5.41) is 10.4. The van der Waals surface area contributed by atoms with E-state index in [1.54, 1.807) is 0 Å². The number of nitrogens with zero attached hydrogens (tertiary/aromatic N) is 1. The number of aromatic amines is 1. The van der Waals surface area contributed by atoms with Gasteiger partial charge >= 0.3 is 0 Å². The van der Waals surface area contributed by atoms with Crippen LogP contribution in [0.5, 0.6) is 0 Å². The van der Waals surface area contributed by atoms with E-state index >= 15 is 0 Å². The lowest BCUT2D eigenvalue weighted by atomic mass is 10.0. The second-order valence-corrected chi connectivity index (χ2v) is 3.83. The Morgan fingerprint density at radius 2 is 2.06 bits per heavy atom. The molecule has 2 rings (SSSR count). The molecule has 1 aromatic heterocycles. The van der Waals surface area contributed by atoms with Crippen LogP contribution in [-0.2, 0) is 0 Å². The fraction of sp³-hybridized carbons (Fsp3) is 0.308. The topological polar surface area (TPSA) is 40.7 Å². The minimum Gasteiger partial charge on any atom is -0.306 e. The lowest BCUT2D eigenvalue weighted by molar-refractivity contribution is 0.599. The second kappa shape index (κ2) is 5.47. The van der Waals surface area contributed by atoms with E-state index < -0.39 is 0 Å². The molecule has 1 aromatic carbocycles. The zero-order chi connectivity index (χ0) is 11.2. The molecular weight excluding hydrogens is 198 g/mol. The molecule has 0 spiro atoms. The van der Waals surface area contributed by atoms with Crippen LogP contribution < -0.4 is 5.32 Å². The van der Waals surface area contributed by atoms with Gasteiger partial charge in [0.2, 0.25) is 0 Å². The molecule has 0 amide bonds. The van der Waals surface area contributed by atoms with E-state index in [4.69, 9.17) is 0 Å². The lowest BCUT2D eigenvalue weighted by Gasteiger charge is -2.17.